The molecular formula is C44H54N7O4S4+. The van der Waals surface area contributed by atoms with E-state index >= 15 is 0 Å². The van der Waals surface area contributed by atoms with Gasteiger partial charge in [-0.15, -0.1) is 11.3 Å². The highest BCUT2D eigenvalue weighted by molar-refractivity contribution is 7.14. The van der Waals surface area contributed by atoms with Gasteiger partial charge in [-0.25, -0.2) is 9.97 Å². The number of carbonyl (C=O) groups excluding carboxylic acids is 2. The van der Waals surface area contributed by atoms with Crippen molar-refractivity contribution in [2.75, 3.05) is 13.1 Å². The molecule has 0 bridgehead atoms. The quantitative estimate of drug-likeness (QED) is 0.101. The van der Waals surface area contributed by atoms with E-state index in [-0.39, 0.29) is 23.7 Å². The first-order chi connectivity index (χ1) is 28.1. The summed E-state index contributed by atoms with van der Waals surface area (Å²) in [4.78, 5) is 37.9. The number of hydrogen-bond donors (Lipinski definition) is 3. The number of carbonyl (C=O) groups is 2. The van der Waals surface area contributed by atoms with Crippen LogP contribution in [0, 0.1) is 0 Å². The highest BCUT2D eigenvalue weighted by Crippen LogP contribution is 2.36. The van der Waals surface area contributed by atoms with Gasteiger partial charge in [0, 0.05) is 61.5 Å². The third-order valence-corrected chi connectivity index (χ3v) is 14.6. The maximum absolute atomic E-state index is 13.4. The second-order valence-corrected chi connectivity index (χ2v) is 19.6. The van der Waals surface area contributed by atoms with Crippen molar-refractivity contribution in [3.05, 3.63) is 116 Å². The summed E-state index contributed by atoms with van der Waals surface area (Å²) in [6, 6.07) is 16.2. The molecule has 1 amide bonds. The zero-order chi connectivity index (χ0) is 42.3. The van der Waals surface area contributed by atoms with Crippen molar-refractivity contribution in [1.29, 1.82) is 0 Å². The summed E-state index contributed by atoms with van der Waals surface area (Å²) in [6.45, 7) is 14.7. The summed E-state index contributed by atoms with van der Waals surface area (Å²) in [5.41, 5.74) is 1.89. The number of aromatic nitrogens is 5. The van der Waals surface area contributed by atoms with Crippen molar-refractivity contribution in [1.82, 2.24) is 28.9 Å². The van der Waals surface area contributed by atoms with Gasteiger partial charge in [0.2, 0.25) is 0 Å². The third kappa shape index (κ3) is 11.4. The first kappa shape index (κ1) is 44.5. The van der Waals surface area contributed by atoms with Gasteiger partial charge in [-0.2, -0.15) is 13.3 Å². The molecule has 2 aliphatic heterocycles. The van der Waals surface area contributed by atoms with Crippen LogP contribution >= 0.6 is 45.7 Å². The first-order valence-corrected chi connectivity index (χ1v) is 23.2. The fraction of sp³-hybridized carbons (Fsp3) is 0.432. The van der Waals surface area contributed by atoms with Gasteiger partial charge < -0.3 is 20.4 Å². The molecule has 2 aliphatic rings. The molecule has 59 heavy (non-hydrogen) atoms. The lowest BCUT2D eigenvalue weighted by molar-refractivity contribution is -0.591. The third-order valence-electron chi connectivity index (χ3n) is 10.5. The van der Waals surface area contributed by atoms with Crippen LogP contribution in [0.4, 0.5) is 0 Å². The smallest absolute Gasteiger partial charge is 0.277 e. The predicted octanol–water partition coefficient (Wildman–Crippen LogP) is 8.75. The number of thiophene rings is 2. The topological polar surface area (TPSA) is 145 Å². The van der Waals surface area contributed by atoms with Crippen LogP contribution in [0.1, 0.15) is 128 Å². The average molecular weight is 873 g/mol. The second-order valence-electron chi connectivity index (χ2n) is 16.2. The van der Waals surface area contributed by atoms with Gasteiger partial charge in [-0.1, -0.05) is 17.4 Å². The Morgan fingerprint density at radius 1 is 0.797 bits per heavy atom. The molecule has 0 radical (unpaired) electrons. The van der Waals surface area contributed by atoms with E-state index in [2.05, 4.69) is 43.9 Å². The van der Waals surface area contributed by atoms with E-state index < -0.39 is 11.2 Å². The molecule has 0 spiro atoms. The van der Waals surface area contributed by atoms with Gasteiger partial charge in [-0.3, -0.25) is 9.59 Å². The molecule has 0 saturated carbocycles. The van der Waals surface area contributed by atoms with Crippen molar-refractivity contribution >= 4 is 57.4 Å². The minimum atomic E-state index is -0.894. The van der Waals surface area contributed by atoms with Gasteiger partial charge in [0.25, 0.3) is 10.9 Å². The number of hydrogen-bond acceptors (Lipinski definition) is 13. The summed E-state index contributed by atoms with van der Waals surface area (Å²) in [6.07, 6.45) is 11.6. The lowest BCUT2D eigenvalue weighted by atomic mass is 9.90. The van der Waals surface area contributed by atoms with E-state index in [0.29, 0.717) is 29.9 Å². The molecule has 0 aromatic carbocycles. The van der Waals surface area contributed by atoms with Crippen molar-refractivity contribution in [2.45, 2.75) is 109 Å². The average Bonchev–Trinajstić information content (AvgIpc) is 4.06. The molecular weight excluding hydrogens is 819 g/mol. The van der Waals surface area contributed by atoms with E-state index in [0.717, 1.165) is 56.0 Å². The largest absolute Gasteiger partial charge is 0.385 e. The van der Waals surface area contributed by atoms with E-state index in [1.165, 1.54) is 47.2 Å². The number of nitrogens with zero attached hydrogens (tertiary/aromatic N) is 6. The van der Waals surface area contributed by atoms with Crippen LogP contribution in [0.5, 0.6) is 0 Å². The van der Waals surface area contributed by atoms with Crippen molar-refractivity contribution in [2.24, 2.45) is 0 Å². The normalized spacial score (nSPS) is 19.6. The summed E-state index contributed by atoms with van der Waals surface area (Å²) >= 11 is 5.82. The Kier molecular flexibility index (Phi) is 14.7. The number of likely N-dealkylation sites (tertiary alicyclic amines) is 1. The van der Waals surface area contributed by atoms with Crippen LogP contribution in [0.3, 0.4) is 0 Å². The molecule has 6 aromatic rings. The lowest BCUT2D eigenvalue weighted by Gasteiger charge is -2.37. The van der Waals surface area contributed by atoms with Gasteiger partial charge in [-0.05, 0) is 138 Å². The fourth-order valence-electron chi connectivity index (χ4n) is 6.95. The number of Topliss-reactive ketones (excluding diaryl/α,β-unsaturated/α-hetero) is 1. The van der Waals surface area contributed by atoms with Crippen LogP contribution in [-0.2, 0) is 11.2 Å². The molecule has 8 heterocycles. The Morgan fingerprint density at radius 2 is 1.39 bits per heavy atom. The Hall–Kier alpha value is -4.09. The number of pyridine rings is 1. The molecule has 312 valence electrons. The molecule has 6 aromatic heterocycles. The monoisotopic (exact) mass is 872 g/mol. The van der Waals surface area contributed by atoms with Gasteiger partial charge >= 0.3 is 0 Å². The molecule has 2 fully saturated rings. The number of ketones is 1. The minimum absolute atomic E-state index is 0.0174. The highest BCUT2D eigenvalue weighted by atomic mass is 32.1. The fourth-order valence-corrected chi connectivity index (χ4v) is 10.3. The standard InChI is InChI=1S/C21H24N4O2S2.C12H20N2OS.C11H10NOS/c1-13-5-6-14(16-11-17(29-24-16)21(2,3)27)12-25(13)20(26)15-7-10-28-18(15)19-22-8-4-9-23-19;1-8-4-5-9(7-13-8)10-6-11(16-14-10)12(2,3)15;1-9(13)10-5-8-14-11(10)12-6-3-2-4-7-12/h4,7-11,13-14,27H,5-6,12H2,1-3H3;6,8-9,13,15H,4-5,7H2,1-3H3;2-8H,1H3/q;;+1/t13-,14-;8-,9-;/m11./s1. The Labute approximate surface area is 363 Å². The van der Waals surface area contributed by atoms with Crippen LogP contribution in [0.25, 0.3) is 15.7 Å². The molecule has 11 nitrogen and oxygen atoms in total. The highest BCUT2D eigenvalue weighted by Gasteiger charge is 2.34. The number of rotatable bonds is 8. The van der Waals surface area contributed by atoms with Gasteiger partial charge in [0.05, 0.1) is 42.8 Å². The Bertz CT molecular complexity index is 2270. The molecule has 15 heteroatoms. The van der Waals surface area contributed by atoms with Crippen LogP contribution in [-0.4, -0.2) is 70.7 Å². The number of aliphatic hydroxyl groups is 2. The SMILES string of the molecule is CC(=O)c1ccsc1-[n+]1ccccc1.C[C@@H]1CC[C@@H](c2cc(C(C)(C)O)sn2)CN1.C[C@@H]1CC[C@@H](c2cc(C(C)(C)O)sn2)CN1C(=O)c1ccsc1-c1ncccn1. The Morgan fingerprint density at radius 3 is 1.97 bits per heavy atom. The number of piperidine rings is 2. The number of amides is 1. The summed E-state index contributed by atoms with van der Waals surface area (Å²) < 4.78 is 11.0. The minimum Gasteiger partial charge on any atom is -0.385 e. The summed E-state index contributed by atoms with van der Waals surface area (Å²) in [7, 11) is 0. The molecule has 2 saturated heterocycles. The first-order valence-electron chi connectivity index (χ1n) is 19.9. The maximum Gasteiger partial charge on any atom is 0.277 e. The second kappa shape index (κ2) is 19.5. The summed E-state index contributed by atoms with van der Waals surface area (Å²) in [5, 5.41) is 28.5. The van der Waals surface area contributed by atoms with Crippen molar-refractivity contribution < 1.29 is 24.4 Å². The number of nitrogens with one attached hydrogen (secondary N) is 1. The molecule has 0 unspecified atom stereocenters. The van der Waals surface area contributed by atoms with Crippen molar-refractivity contribution in [3.63, 3.8) is 0 Å². The summed E-state index contributed by atoms with van der Waals surface area (Å²) in [5.74, 6) is 1.41. The molecule has 4 atom stereocenters. The predicted molar refractivity (Wildman–Crippen MR) is 238 cm³/mol. The molecule has 3 N–H and O–H groups in total. The van der Waals surface area contributed by atoms with E-state index in [1.807, 2.05) is 82.9 Å². The molecule has 0 aliphatic carbocycles. The van der Waals surface area contributed by atoms with Crippen LogP contribution < -0.4 is 9.88 Å². The maximum atomic E-state index is 13.4. The molecule has 8 rings (SSSR count). The van der Waals surface area contributed by atoms with Gasteiger partial charge in [0.1, 0.15) is 5.56 Å². The van der Waals surface area contributed by atoms with E-state index in [9.17, 15) is 19.8 Å². The van der Waals surface area contributed by atoms with E-state index in [1.54, 1.807) is 50.6 Å². The van der Waals surface area contributed by atoms with Crippen LogP contribution in [0.2, 0.25) is 0 Å². The van der Waals surface area contributed by atoms with Gasteiger partial charge in [0.15, 0.2) is 24.0 Å². The van der Waals surface area contributed by atoms with Crippen LogP contribution in [0.15, 0.2) is 84.1 Å². The van der Waals surface area contributed by atoms with E-state index in [4.69, 9.17) is 0 Å². The lowest BCUT2D eigenvalue weighted by Crippen LogP contribution is -2.45. The zero-order valence-corrected chi connectivity index (χ0v) is 37.9. The zero-order valence-electron chi connectivity index (χ0n) is 34.7. The van der Waals surface area contributed by atoms with Crippen molar-refractivity contribution in [3.8, 4) is 15.7 Å². The Balaban J connectivity index is 0.000000164.